The molecule has 0 bridgehead atoms. The Morgan fingerprint density at radius 2 is 2.28 bits per heavy atom. The van der Waals surface area contributed by atoms with Gasteiger partial charge in [0.2, 0.25) is 0 Å². The fraction of sp³-hybridized carbons (Fsp3) is 0.308. The molecule has 0 amide bonds. The molecule has 0 aliphatic carbocycles. The molecule has 3 N–H and O–H groups in total. The SMILES string of the molecule is COCC(C)Nc1ccc(N)c2cc(Br)cnc12. The van der Waals surface area contributed by atoms with Crippen LogP contribution in [0.5, 0.6) is 0 Å². The number of halogens is 1. The number of hydrogen-bond donors (Lipinski definition) is 2. The minimum absolute atomic E-state index is 0.215. The summed E-state index contributed by atoms with van der Waals surface area (Å²) in [5.74, 6) is 0. The number of methoxy groups -OCH3 is 1. The lowest BCUT2D eigenvalue weighted by molar-refractivity contribution is 0.190. The van der Waals surface area contributed by atoms with Crippen LogP contribution in [0.3, 0.4) is 0 Å². The van der Waals surface area contributed by atoms with Crippen LogP contribution in [0.4, 0.5) is 11.4 Å². The Hall–Kier alpha value is -1.33. The van der Waals surface area contributed by atoms with E-state index < -0.39 is 0 Å². The van der Waals surface area contributed by atoms with Crippen LogP contribution in [-0.2, 0) is 4.74 Å². The van der Waals surface area contributed by atoms with E-state index in [0.29, 0.717) is 6.61 Å². The molecule has 0 spiro atoms. The fourth-order valence-corrected chi connectivity index (χ4v) is 2.22. The molecule has 0 aliphatic rings. The second-order valence-corrected chi connectivity index (χ2v) is 5.17. The van der Waals surface area contributed by atoms with Crippen LogP contribution in [0.1, 0.15) is 6.92 Å². The molecule has 0 radical (unpaired) electrons. The number of rotatable bonds is 4. The first-order valence-electron chi connectivity index (χ1n) is 5.71. The van der Waals surface area contributed by atoms with Crippen molar-refractivity contribution in [2.45, 2.75) is 13.0 Å². The van der Waals surface area contributed by atoms with E-state index in [2.05, 4.69) is 33.2 Å². The molecule has 0 aliphatic heterocycles. The molecule has 1 unspecified atom stereocenters. The Labute approximate surface area is 115 Å². The topological polar surface area (TPSA) is 60.2 Å². The quantitative estimate of drug-likeness (QED) is 0.852. The zero-order valence-corrected chi connectivity index (χ0v) is 12.0. The van der Waals surface area contributed by atoms with Gasteiger partial charge < -0.3 is 15.8 Å². The maximum Gasteiger partial charge on any atom is 0.0954 e. The van der Waals surface area contributed by atoms with Crippen LogP contribution in [-0.4, -0.2) is 24.7 Å². The zero-order valence-electron chi connectivity index (χ0n) is 10.4. The van der Waals surface area contributed by atoms with Gasteiger partial charge in [-0.15, -0.1) is 0 Å². The van der Waals surface area contributed by atoms with E-state index in [1.54, 1.807) is 13.3 Å². The van der Waals surface area contributed by atoms with Crippen molar-refractivity contribution in [1.82, 2.24) is 4.98 Å². The Morgan fingerprint density at radius 3 is 3.00 bits per heavy atom. The number of aromatic nitrogens is 1. The highest BCUT2D eigenvalue weighted by Crippen LogP contribution is 2.29. The second-order valence-electron chi connectivity index (χ2n) is 4.25. The summed E-state index contributed by atoms with van der Waals surface area (Å²) >= 11 is 3.41. The lowest BCUT2D eigenvalue weighted by atomic mass is 10.1. The normalized spacial score (nSPS) is 12.6. The standard InChI is InChI=1S/C13H16BrN3O/c1-8(7-18-2)17-12-4-3-11(15)10-5-9(14)6-16-13(10)12/h3-6,8,17H,7,15H2,1-2H3. The molecule has 1 heterocycles. The van der Waals surface area contributed by atoms with E-state index in [9.17, 15) is 0 Å². The van der Waals surface area contributed by atoms with Gasteiger partial charge in [-0.25, -0.2) is 0 Å². The average Bonchev–Trinajstić information content (AvgIpc) is 2.33. The van der Waals surface area contributed by atoms with E-state index in [1.165, 1.54) is 0 Å². The molecule has 1 aromatic heterocycles. The van der Waals surface area contributed by atoms with Crippen molar-refractivity contribution in [2.24, 2.45) is 0 Å². The van der Waals surface area contributed by atoms with Crippen LogP contribution in [0.25, 0.3) is 10.9 Å². The van der Waals surface area contributed by atoms with Gasteiger partial charge in [0.25, 0.3) is 0 Å². The number of pyridine rings is 1. The molecule has 18 heavy (non-hydrogen) atoms. The Kier molecular flexibility index (Phi) is 4.04. The Morgan fingerprint density at radius 1 is 1.50 bits per heavy atom. The van der Waals surface area contributed by atoms with Gasteiger partial charge >= 0.3 is 0 Å². The van der Waals surface area contributed by atoms with Gasteiger partial charge in [-0.3, -0.25) is 4.98 Å². The van der Waals surface area contributed by atoms with Crippen molar-refractivity contribution >= 4 is 38.2 Å². The number of anilines is 2. The zero-order chi connectivity index (χ0) is 13.1. The summed E-state index contributed by atoms with van der Waals surface area (Å²) in [6.45, 7) is 2.70. The number of nitrogens with two attached hydrogens (primary N) is 1. The van der Waals surface area contributed by atoms with E-state index in [-0.39, 0.29) is 6.04 Å². The number of nitrogens with zero attached hydrogens (tertiary/aromatic N) is 1. The van der Waals surface area contributed by atoms with Crippen LogP contribution in [0.15, 0.2) is 28.9 Å². The second kappa shape index (κ2) is 5.54. The lowest BCUT2D eigenvalue weighted by Gasteiger charge is -2.16. The van der Waals surface area contributed by atoms with E-state index in [4.69, 9.17) is 10.5 Å². The molecule has 5 heteroatoms. The third-order valence-electron chi connectivity index (χ3n) is 2.67. The molecular formula is C13H16BrN3O. The highest BCUT2D eigenvalue weighted by Gasteiger charge is 2.08. The van der Waals surface area contributed by atoms with E-state index in [1.807, 2.05) is 18.2 Å². The summed E-state index contributed by atoms with van der Waals surface area (Å²) in [6, 6.07) is 6.03. The highest BCUT2D eigenvalue weighted by molar-refractivity contribution is 9.10. The summed E-state index contributed by atoms with van der Waals surface area (Å²) in [5.41, 5.74) is 8.54. The number of nitrogens with one attached hydrogen (secondary N) is 1. The van der Waals surface area contributed by atoms with Gasteiger partial charge in [0.15, 0.2) is 0 Å². The van der Waals surface area contributed by atoms with Crippen molar-refractivity contribution in [3.05, 3.63) is 28.9 Å². The molecule has 0 saturated carbocycles. The Bertz CT molecular complexity index is 559. The van der Waals surface area contributed by atoms with Crippen LogP contribution >= 0.6 is 15.9 Å². The Balaban J connectivity index is 2.42. The predicted octanol–water partition coefficient (Wildman–Crippen LogP) is 3.03. The maximum absolute atomic E-state index is 5.97. The largest absolute Gasteiger partial charge is 0.398 e. The van der Waals surface area contributed by atoms with Gasteiger partial charge in [-0.1, -0.05) is 0 Å². The third-order valence-corrected chi connectivity index (χ3v) is 3.10. The first-order chi connectivity index (χ1) is 8.61. The molecule has 2 rings (SSSR count). The first-order valence-corrected chi connectivity index (χ1v) is 6.50. The number of ether oxygens (including phenoxy) is 1. The minimum atomic E-state index is 0.215. The van der Waals surface area contributed by atoms with Crippen molar-refractivity contribution in [3.8, 4) is 0 Å². The maximum atomic E-state index is 5.97. The van der Waals surface area contributed by atoms with Crippen LogP contribution in [0, 0.1) is 0 Å². The summed E-state index contributed by atoms with van der Waals surface area (Å²) in [5, 5.41) is 4.32. The highest BCUT2D eigenvalue weighted by atomic mass is 79.9. The van der Waals surface area contributed by atoms with E-state index in [0.717, 1.165) is 26.8 Å². The van der Waals surface area contributed by atoms with Gasteiger partial charge in [0.1, 0.15) is 0 Å². The fourth-order valence-electron chi connectivity index (χ4n) is 1.89. The lowest BCUT2D eigenvalue weighted by Crippen LogP contribution is -2.21. The first kappa shape index (κ1) is 13.1. The monoisotopic (exact) mass is 309 g/mol. The molecule has 0 saturated heterocycles. The molecule has 96 valence electrons. The predicted molar refractivity (Wildman–Crippen MR) is 78.8 cm³/mol. The van der Waals surface area contributed by atoms with Gasteiger partial charge in [-0.05, 0) is 41.1 Å². The van der Waals surface area contributed by atoms with Crippen molar-refractivity contribution in [1.29, 1.82) is 0 Å². The molecule has 2 aromatic rings. The third kappa shape index (κ3) is 2.73. The van der Waals surface area contributed by atoms with Crippen molar-refractivity contribution in [3.63, 3.8) is 0 Å². The minimum Gasteiger partial charge on any atom is -0.398 e. The average molecular weight is 310 g/mol. The van der Waals surface area contributed by atoms with Crippen molar-refractivity contribution in [2.75, 3.05) is 24.8 Å². The number of nitrogen functional groups attached to an aromatic ring is 1. The molecule has 4 nitrogen and oxygen atoms in total. The summed E-state index contributed by atoms with van der Waals surface area (Å²) in [6.07, 6.45) is 1.77. The van der Waals surface area contributed by atoms with Gasteiger partial charge in [0.05, 0.1) is 17.8 Å². The summed E-state index contributed by atoms with van der Waals surface area (Å²) in [4.78, 5) is 4.42. The van der Waals surface area contributed by atoms with Gasteiger partial charge in [-0.2, -0.15) is 0 Å². The summed E-state index contributed by atoms with van der Waals surface area (Å²) in [7, 11) is 1.69. The molecule has 1 aromatic carbocycles. The smallest absolute Gasteiger partial charge is 0.0954 e. The van der Waals surface area contributed by atoms with Gasteiger partial charge in [0, 0.05) is 34.9 Å². The molecular weight excluding hydrogens is 294 g/mol. The number of fused-ring (bicyclic) bond motifs is 1. The molecule has 1 atom stereocenters. The van der Waals surface area contributed by atoms with Crippen LogP contribution in [0.2, 0.25) is 0 Å². The van der Waals surface area contributed by atoms with E-state index >= 15 is 0 Å². The number of hydrogen-bond acceptors (Lipinski definition) is 4. The molecule has 0 fully saturated rings. The van der Waals surface area contributed by atoms with Crippen molar-refractivity contribution < 1.29 is 4.74 Å². The summed E-state index contributed by atoms with van der Waals surface area (Å²) < 4.78 is 6.04. The van der Waals surface area contributed by atoms with Crippen LogP contribution < -0.4 is 11.1 Å². The number of benzene rings is 1.